The van der Waals surface area contributed by atoms with Gasteiger partial charge in [-0.25, -0.2) is 8.42 Å². The minimum absolute atomic E-state index is 0. The van der Waals surface area contributed by atoms with Gasteiger partial charge < -0.3 is 15.8 Å². The molecule has 0 atom stereocenters. The van der Waals surface area contributed by atoms with Crippen LogP contribution in [0.1, 0.15) is 37.7 Å². The Hall–Kier alpha value is -1.19. The highest BCUT2D eigenvalue weighted by Gasteiger charge is 2.35. The van der Waals surface area contributed by atoms with E-state index in [0.717, 1.165) is 24.8 Å². The summed E-state index contributed by atoms with van der Waals surface area (Å²) in [6.07, 6.45) is 3.92. The number of piperidine rings is 1. The zero-order chi connectivity index (χ0) is 18.6. The molecule has 152 valence electrons. The Bertz CT molecular complexity index is 727. The maximum absolute atomic E-state index is 12.6. The molecule has 2 aliphatic rings. The smallest absolute Gasteiger partial charge is 0.243 e. The van der Waals surface area contributed by atoms with Crippen molar-refractivity contribution in [3.8, 4) is 0 Å². The van der Waals surface area contributed by atoms with E-state index >= 15 is 0 Å². The maximum atomic E-state index is 12.6. The molecular weight excluding hydrogens is 390 g/mol. The van der Waals surface area contributed by atoms with Crippen LogP contribution < -0.4 is 11.1 Å². The van der Waals surface area contributed by atoms with Crippen molar-refractivity contribution in [2.45, 2.75) is 49.1 Å². The first kappa shape index (κ1) is 22.1. The van der Waals surface area contributed by atoms with Crippen LogP contribution in [0.15, 0.2) is 29.2 Å². The van der Waals surface area contributed by atoms with Gasteiger partial charge in [0.25, 0.3) is 0 Å². The van der Waals surface area contributed by atoms with Gasteiger partial charge in [0, 0.05) is 32.8 Å². The lowest BCUT2D eigenvalue weighted by molar-refractivity contribution is -0.129. The molecule has 1 aromatic carbocycles. The minimum atomic E-state index is -3.42. The SMILES string of the molecule is Cl.NC1(C(=O)NCc2ccc(S(=O)(=O)N3CCCCC3)cc2)CCOCC1. The molecule has 7 nitrogen and oxygen atoms in total. The highest BCUT2D eigenvalue weighted by molar-refractivity contribution is 7.89. The van der Waals surface area contributed by atoms with Crippen LogP contribution in [-0.2, 0) is 26.1 Å². The Morgan fingerprint density at radius 3 is 2.30 bits per heavy atom. The van der Waals surface area contributed by atoms with E-state index in [1.807, 2.05) is 0 Å². The van der Waals surface area contributed by atoms with E-state index < -0.39 is 15.6 Å². The molecule has 0 saturated carbocycles. The Labute approximate surface area is 167 Å². The second kappa shape index (κ2) is 9.34. The van der Waals surface area contributed by atoms with Crippen LogP contribution in [0.4, 0.5) is 0 Å². The first-order chi connectivity index (χ1) is 12.4. The van der Waals surface area contributed by atoms with Crippen LogP contribution in [0.25, 0.3) is 0 Å². The highest BCUT2D eigenvalue weighted by Crippen LogP contribution is 2.21. The normalized spacial score (nSPS) is 20.5. The lowest BCUT2D eigenvalue weighted by Gasteiger charge is -2.31. The van der Waals surface area contributed by atoms with E-state index in [1.165, 1.54) is 0 Å². The summed E-state index contributed by atoms with van der Waals surface area (Å²) in [6.45, 7) is 2.48. The summed E-state index contributed by atoms with van der Waals surface area (Å²) in [5.74, 6) is -0.189. The van der Waals surface area contributed by atoms with Gasteiger partial charge in [0.1, 0.15) is 0 Å². The molecule has 27 heavy (non-hydrogen) atoms. The summed E-state index contributed by atoms with van der Waals surface area (Å²) in [5.41, 5.74) is 6.11. The molecule has 2 saturated heterocycles. The molecule has 0 spiro atoms. The number of nitrogens with two attached hydrogens (primary N) is 1. The molecule has 0 aromatic heterocycles. The molecule has 9 heteroatoms. The number of carbonyl (C=O) groups excluding carboxylic acids is 1. The number of sulfonamides is 1. The quantitative estimate of drug-likeness (QED) is 0.754. The van der Waals surface area contributed by atoms with Crippen LogP contribution >= 0.6 is 12.4 Å². The number of nitrogens with zero attached hydrogens (tertiary/aromatic N) is 1. The van der Waals surface area contributed by atoms with Crippen molar-refractivity contribution < 1.29 is 17.9 Å². The zero-order valence-corrected chi connectivity index (χ0v) is 17.0. The van der Waals surface area contributed by atoms with Crippen LogP contribution in [0, 0.1) is 0 Å². The van der Waals surface area contributed by atoms with Gasteiger partial charge in [-0.05, 0) is 43.4 Å². The van der Waals surface area contributed by atoms with E-state index in [0.29, 0.717) is 50.6 Å². The van der Waals surface area contributed by atoms with Crippen LogP contribution in [-0.4, -0.2) is 50.5 Å². The second-order valence-corrected chi connectivity index (χ2v) is 9.00. The maximum Gasteiger partial charge on any atom is 0.243 e. The molecule has 0 radical (unpaired) electrons. The molecule has 0 unspecified atom stereocenters. The minimum Gasteiger partial charge on any atom is -0.381 e. The number of nitrogens with one attached hydrogen (secondary N) is 1. The van der Waals surface area contributed by atoms with Crippen molar-refractivity contribution >= 4 is 28.3 Å². The van der Waals surface area contributed by atoms with E-state index in [1.54, 1.807) is 28.6 Å². The summed E-state index contributed by atoms with van der Waals surface area (Å²) < 4.78 is 32.1. The lowest BCUT2D eigenvalue weighted by Crippen LogP contribution is -2.56. The van der Waals surface area contributed by atoms with Gasteiger partial charge in [0.05, 0.1) is 10.4 Å². The molecule has 2 heterocycles. The first-order valence-electron chi connectivity index (χ1n) is 9.16. The van der Waals surface area contributed by atoms with Crippen molar-refractivity contribution in [3.05, 3.63) is 29.8 Å². The fourth-order valence-corrected chi connectivity index (χ4v) is 4.87. The summed E-state index contributed by atoms with van der Waals surface area (Å²) in [4.78, 5) is 12.6. The van der Waals surface area contributed by atoms with Crippen molar-refractivity contribution in [1.82, 2.24) is 9.62 Å². The van der Waals surface area contributed by atoms with Gasteiger partial charge in [0.15, 0.2) is 0 Å². The lowest BCUT2D eigenvalue weighted by atomic mass is 9.90. The molecule has 1 amide bonds. The predicted octanol–water partition coefficient (Wildman–Crippen LogP) is 1.41. The first-order valence-corrected chi connectivity index (χ1v) is 10.6. The van der Waals surface area contributed by atoms with Crippen LogP contribution in [0.3, 0.4) is 0 Å². The molecular formula is C18H28ClN3O4S. The van der Waals surface area contributed by atoms with Gasteiger partial charge in [-0.15, -0.1) is 12.4 Å². The Morgan fingerprint density at radius 2 is 1.70 bits per heavy atom. The van der Waals surface area contributed by atoms with Crippen LogP contribution in [0.5, 0.6) is 0 Å². The van der Waals surface area contributed by atoms with Crippen molar-refractivity contribution in [1.29, 1.82) is 0 Å². The fourth-order valence-electron chi connectivity index (χ4n) is 3.35. The average Bonchev–Trinajstić information content (AvgIpc) is 2.67. The van der Waals surface area contributed by atoms with Crippen LogP contribution in [0.2, 0.25) is 0 Å². The zero-order valence-electron chi connectivity index (χ0n) is 15.4. The van der Waals surface area contributed by atoms with Crippen molar-refractivity contribution in [3.63, 3.8) is 0 Å². The van der Waals surface area contributed by atoms with E-state index in [-0.39, 0.29) is 18.3 Å². The number of rotatable bonds is 5. The van der Waals surface area contributed by atoms with Crippen molar-refractivity contribution in [2.24, 2.45) is 5.73 Å². The number of carbonyl (C=O) groups is 1. The molecule has 2 fully saturated rings. The topological polar surface area (TPSA) is 102 Å². The van der Waals surface area contributed by atoms with Gasteiger partial charge in [-0.1, -0.05) is 18.6 Å². The van der Waals surface area contributed by atoms with E-state index in [9.17, 15) is 13.2 Å². The number of hydrogen-bond acceptors (Lipinski definition) is 5. The van der Waals surface area contributed by atoms with Gasteiger partial charge in [0.2, 0.25) is 15.9 Å². The standard InChI is InChI=1S/C18H27N3O4S.ClH/c19-18(8-12-25-13-9-18)17(22)20-14-15-4-6-16(7-5-15)26(23,24)21-10-2-1-3-11-21;/h4-7H,1-3,8-14,19H2,(H,20,22);1H. The predicted molar refractivity (Wildman–Crippen MR) is 105 cm³/mol. The van der Waals surface area contributed by atoms with E-state index in [4.69, 9.17) is 10.5 Å². The van der Waals surface area contributed by atoms with Crippen molar-refractivity contribution in [2.75, 3.05) is 26.3 Å². The number of hydrogen-bond donors (Lipinski definition) is 2. The highest BCUT2D eigenvalue weighted by atomic mass is 35.5. The Balaban J connectivity index is 0.00000261. The Morgan fingerprint density at radius 1 is 1.11 bits per heavy atom. The van der Waals surface area contributed by atoms with E-state index in [2.05, 4.69) is 5.32 Å². The molecule has 3 rings (SSSR count). The monoisotopic (exact) mass is 417 g/mol. The summed E-state index contributed by atoms with van der Waals surface area (Å²) in [7, 11) is -3.42. The number of halogens is 1. The number of ether oxygens (including phenoxy) is 1. The molecule has 0 bridgehead atoms. The molecule has 2 aliphatic heterocycles. The van der Waals surface area contributed by atoms with Gasteiger partial charge in [-0.3, -0.25) is 4.79 Å². The third-order valence-electron chi connectivity index (χ3n) is 5.17. The largest absolute Gasteiger partial charge is 0.381 e. The van der Waals surface area contributed by atoms with Gasteiger partial charge >= 0.3 is 0 Å². The third-order valence-corrected chi connectivity index (χ3v) is 7.08. The average molecular weight is 418 g/mol. The van der Waals surface area contributed by atoms with Gasteiger partial charge in [-0.2, -0.15) is 4.31 Å². The fraction of sp³-hybridized carbons (Fsp3) is 0.611. The summed E-state index contributed by atoms with van der Waals surface area (Å²) >= 11 is 0. The molecule has 1 aromatic rings. The molecule has 3 N–H and O–H groups in total. The summed E-state index contributed by atoms with van der Waals surface area (Å²) in [6, 6.07) is 6.70. The second-order valence-electron chi connectivity index (χ2n) is 7.06. The number of benzene rings is 1. The summed E-state index contributed by atoms with van der Waals surface area (Å²) in [5, 5.41) is 2.85. The number of amides is 1. The Kier molecular flexibility index (Phi) is 7.64. The third kappa shape index (κ3) is 5.20. The molecule has 0 aliphatic carbocycles.